The van der Waals surface area contributed by atoms with Crippen molar-refractivity contribution in [2.45, 2.75) is 59.8 Å². The molecule has 1 unspecified atom stereocenters. The van der Waals surface area contributed by atoms with Crippen molar-refractivity contribution in [1.82, 2.24) is 4.90 Å². The van der Waals surface area contributed by atoms with Gasteiger partial charge in [-0.15, -0.1) is 0 Å². The number of carboxylic acids is 1. The lowest BCUT2D eigenvalue weighted by Gasteiger charge is -2.50. The summed E-state index contributed by atoms with van der Waals surface area (Å²) in [6, 6.07) is 8.36. The number of carbonyl (C=O) groups is 3. The molecule has 0 N–H and O–H groups in total. The highest BCUT2D eigenvalue weighted by Gasteiger charge is 2.48. The lowest BCUT2D eigenvalue weighted by Crippen LogP contribution is -2.63. The zero-order chi connectivity index (χ0) is 29.4. The number of Topliss-reactive ketones (excluding diaryl/α,β-unsaturated/α-hetero) is 1. The summed E-state index contributed by atoms with van der Waals surface area (Å²) in [5.74, 6) is -2.60. The maximum atomic E-state index is 14.2. The van der Waals surface area contributed by atoms with Gasteiger partial charge in [0.15, 0.2) is 5.78 Å². The van der Waals surface area contributed by atoms with Crippen molar-refractivity contribution in [3.05, 3.63) is 76.5 Å². The molecule has 2 aromatic rings. The number of nitriles is 1. The molecule has 3 rings (SSSR count). The fourth-order valence-electron chi connectivity index (χ4n) is 4.79. The van der Waals surface area contributed by atoms with E-state index in [-0.39, 0.29) is 17.0 Å². The molecule has 0 radical (unpaired) electrons. The first-order valence-electron chi connectivity index (χ1n) is 12.3. The van der Waals surface area contributed by atoms with Crippen molar-refractivity contribution >= 4 is 23.5 Å². The highest BCUT2D eigenvalue weighted by molar-refractivity contribution is 6.07. The minimum atomic E-state index is -4.70. The van der Waals surface area contributed by atoms with E-state index in [9.17, 15) is 37.9 Å². The molecule has 0 saturated carbocycles. The molecule has 10 heteroatoms. The molecule has 0 aliphatic carbocycles. The molecule has 2 aromatic carbocycles. The number of alkyl halides is 3. The zero-order valence-electron chi connectivity index (χ0n) is 22.5. The van der Waals surface area contributed by atoms with Crippen LogP contribution < -0.4 is 10.0 Å². The summed E-state index contributed by atoms with van der Waals surface area (Å²) in [5.41, 5.74) is -1.47. The van der Waals surface area contributed by atoms with Crippen LogP contribution >= 0.6 is 0 Å². The number of amides is 2. The van der Waals surface area contributed by atoms with Gasteiger partial charge < -0.3 is 14.8 Å². The lowest BCUT2D eigenvalue weighted by molar-refractivity contribution is -0.314. The van der Waals surface area contributed by atoms with Gasteiger partial charge in [0.25, 0.3) is 0 Å². The van der Waals surface area contributed by atoms with E-state index < -0.39 is 52.9 Å². The Bertz CT molecular complexity index is 1370. The molecule has 0 aromatic heterocycles. The summed E-state index contributed by atoms with van der Waals surface area (Å²) < 4.78 is 40.7. The monoisotopic (exact) mass is 540 g/mol. The van der Waals surface area contributed by atoms with Gasteiger partial charge in [0.1, 0.15) is 0 Å². The average Bonchev–Trinajstić information content (AvgIpc) is 2.83. The molecule has 1 aliphatic heterocycles. The number of halogens is 3. The highest BCUT2D eigenvalue weighted by Crippen LogP contribution is 2.45. The van der Waals surface area contributed by atoms with Crippen molar-refractivity contribution in [3.63, 3.8) is 0 Å². The molecule has 0 bridgehead atoms. The standard InChI is InChI=1S/C29H30F3N3O4/c1-16(2)24(36)22-17(3)34(21-9-7-8-20(14-21)29(30,31)32)27(39)35(25(26(37)38)28(4,5)6)23(22)19-12-10-18(15-33)11-13-19/h7-14,16,23,25H,1-6H3,(H,37,38)/p-1/t23-,25?/m1/s1. The lowest BCUT2D eigenvalue weighted by atomic mass is 9.80. The maximum absolute atomic E-state index is 14.2. The van der Waals surface area contributed by atoms with Crippen LogP contribution in [0, 0.1) is 22.7 Å². The summed E-state index contributed by atoms with van der Waals surface area (Å²) in [4.78, 5) is 42.4. The van der Waals surface area contributed by atoms with Crippen LogP contribution in [0.25, 0.3) is 0 Å². The van der Waals surface area contributed by atoms with E-state index >= 15 is 0 Å². The fraction of sp³-hybridized carbons (Fsp3) is 0.379. The Labute approximate surface area is 225 Å². The summed E-state index contributed by atoms with van der Waals surface area (Å²) in [6.07, 6.45) is -4.70. The van der Waals surface area contributed by atoms with E-state index in [0.717, 1.165) is 28.0 Å². The number of rotatable bonds is 6. The van der Waals surface area contributed by atoms with Crippen LogP contribution in [0.1, 0.15) is 64.3 Å². The van der Waals surface area contributed by atoms with Crippen molar-refractivity contribution in [1.29, 1.82) is 5.26 Å². The number of allylic oxidation sites excluding steroid dienone is 1. The third-order valence-corrected chi connectivity index (χ3v) is 6.59. The number of carboxylic acid groups (broad SMARTS) is 1. The zero-order valence-corrected chi connectivity index (χ0v) is 22.5. The molecule has 39 heavy (non-hydrogen) atoms. The number of aliphatic carboxylic acids is 1. The number of ketones is 1. The second kappa shape index (κ2) is 10.6. The van der Waals surface area contributed by atoms with Gasteiger partial charge in [0, 0.05) is 17.2 Å². The van der Waals surface area contributed by atoms with Gasteiger partial charge in [-0.1, -0.05) is 52.8 Å². The van der Waals surface area contributed by atoms with E-state index in [4.69, 9.17) is 0 Å². The molecule has 206 valence electrons. The maximum Gasteiger partial charge on any atom is 0.416 e. The summed E-state index contributed by atoms with van der Waals surface area (Å²) >= 11 is 0. The number of nitrogens with zero attached hydrogens (tertiary/aromatic N) is 3. The first-order chi connectivity index (χ1) is 18.0. The molecule has 2 amide bonds. The molecule has 7 nitrogen and oxygen atoms in total. The smallest absolute Gasteiger partial charge is 0.416 e. The third-order valence-electron chi connectivity index (χ3n) is 6.59. The quantitative estimate of drug-likeness (QED) is 0.499. The van der Waals surface area contributed by atoms with E-state index in [1.165, 1.54) is 37.3 Å². The van der Waals surface area contributed by atoms with Crippen LogP contribution in [0.2, 0.25) is 0 Å². The average molecular weight is 541 g/mol. The van der Waals surface area contributed by atoms with Crippen LogP contribution in [-0.2, 0) is 15.8 Å². The van der Waals surface area contributed by atoms with Crippen LogP contribution in [0.4, 0.5) is 23.7 Å². The Balaban J connectivity index is 2.44. The molecule has 0 spiro atoms. The van der Waals surface area contributed by atoms with E-state index in [2.05, 4.69) is 0 Å². The second-order valence-electron chi connectivity index (χ2n) is 10.8. The Kier molecular flexibility index (Phi) is 7.97. The minimum absolute atomic E-state index is 0.0576. The van der Waals surface area contributed by atoms with Gasteiger partial charge in [-0.25, -0.2) is 4.79 Å². The van der Waals surface area contributed by atoms with E-state index in [0.29, 0.717) is 11.1 Å². The number of anilines is 1. The first kappa shape index (κ1) is 29.4. The summed E-state index contributed by atoms with van der Waals surface area (Å²) in [7, 11) is 0. The van der Waals surface area contributed by atoms with Crippen LogP contribution in [-0.4, -0.2) is 28.7 Å². The van der Waals surface area contributed by atoms with Gasteiger partial charge in [-0.3, -0.25) is 9.69 Å². The van der Waals surface area contributed by atoms with Gasteiger partial charge >= 0.3 is 12.2 Å². The molecule has 0 fully saturated rings. The number of carbonyl (C=O) groups excluding carboxylic acids is 3. The number of urea groups is 1. The van der Waals surface area contributed by atoms with Crippen molar-refractivity contribution in [2.24, 2.45) is 11.3 Å². The summed E-state index contributed by atoms with van der Waals surface area (Å²) in [6.45, 7) is 9.47. The predicted molar refractivity (Wildman–Crippen MR) is 136 cm³/mol. The van der Waals surface area contributed by atoms with Gasteiger partial charge in [0.05, 0.1) is 40.9 Å². The van der Waals surface area contributed by atoms with Crippen molar-refractivity contribution in [2.75, 3.05) is 4.90 Å². The van der Waals surface area contributed by atoms with Gasteiger partial charge in [0.2, 0.25) is 0 Å². The van der Waals surface area contributed by atoms with Crippen molar-refractivity contribution in [3.8, 4) is 6.07 Å². The SMILES string of the molecule is CC1=C(C(=O)C(C)C)[C@@H](c2ccc(C#N)cc2)N(C(C(=O)[O-])C(C)(C)C)C(=O)N1c1cccc(C(F)(F)F)c1. The van der Waals surface area contributed by atoms with Gasteiger partial charge in [-0.2, -0.15) is 18.4 Å². The fourth-order valence-corrected chi connectivity index (χ4v) is 4.79. The number of hydrogen-bond acceptors (Lipinski definition) is 5. The van der Waals surface area contributed by atoms with Crippen LogP contribution in [0.15, 0.2) is 59.8 Å². The minimum Gasteiger partial charge on any atom is -0.548 e. The Morgan fingerprint density at radius 2 is 1.64 bits per heavy atom. The van der Waals surface area contributed by atoms with Crippen LogP contribution in [0.3, 0.4) is 0 Å². The molecule has 1 heterocycles. The highest BCUT2D eigenvalue weighted by atomic mass is 19.4. The van der Waals surface area contributed by atoms with E-state index in [1.807, 2.05) is 6.07 Å². The normalized spacial score (nSPS) is 17.4. The van der Waals surface area contributed by atoms with E-state index in [1.54, 1.807) is 34.6 Å². The third kappa shape index (κ3) is 5.67. The topological polar surface area (TPSA) is 105 Å². The van der Waals surface area contributed by atoms with Gasteiger partial charge in [-0.05, 0) is 48.2 Å². The molecular formula is C29H29F3N3O4-. The largest absolute Gasteiger partial charge is 0.548 e. The number of hydrogen-bond donors (Lipinski definition) is 0. The number of benzene rings is 2. The molecule has 0 saturated heterocycles. The Morgan fingerprint density at radius 3 is 2.10 bits per heavy atom. The molecule has 1 aliphatic rings. The Hall–Kier alpha value is -4.13. The second-order valence-corrected chi connectivity index (χ2v) is 10.8. The molecular weight excluding hydrogens is 511 g/mol. The Morgan fingerprint density at radius 1 is 1.05 bits per heavy atom. The summed E-state index contributed by atoms with van der Waals surface area (Å²) in [5, 5.41) is 21.8. The van der Waals surface area contributed by atoms with Crippen LogP contribution in [0.5, 0.6) is 0 Å². The first-order valence-corrected chi connectivity index (χ1v) is 12.3. The molecule has 2 atom stereocenters. The van der Waals surface area contributed by atoms with Crippen molar-refractivity contribution < 1.29 is 32.7 Å². The predicted octanol–water partition coefficient (Wildman–Crippen LogP) is 5.22.